The van der Waals surface area contributed by atoms with Gasteiger partial charge in [-0.2, -0.15) is 0 Å². The van der Waals surface area contributed by atoms with E-state index in [1.54, 1.807) is 53.7 Å². The Hall–Kier alpha value is -3.25. The van der Waals surface area contributed by atoms with Crippen LogP contribution < -0.4 is 0 Å². The SMILES string of the molecule is O=C1COCC(c2cnccc2-c2cccc(O)c2)N1Cc1ccccc1F. The monoisotopic (exact) mass is 378 g/mol. The standard InChI is InChI=1S/C22H19FN2O3/c23-20-7-2-1-4-16(20)12-25-21(13-28-14-22(25)27)19-11-24-9-8-18(19)15-5-3-6-17(26)10-15/h1-11,21,26H,12-14H2. The van der Waals surface area contributed by atoms with Gasteiger partial charge in [0, 0.05) is 30.1 Å². The van der Waals surface area contributed by atoms with Crippen LogP contribution in [0.2, 0.25) is 0 Å². The summed E-state index contributed by atoms with van der Waals surface area (Å²) in [6.45, 7) is 0.401. The van der Waals surface area contributed by atoms with Crippen LogP contribution in [0.25, 0.3) is 11.1 Å². The highest BCUT2D eigenvalue weighted by atomic mass is 19.1. The lowest BCUT2D eigenvalue weighted by Gasteiger charge is -2.36. The van der Waals surface area contributed by atoms with Gasteiger partial charge in [0.15, 0.2) is 0 Å². The van der Waals surface area contributed by atoms with Crippen LogP contribution in [-0.2, 0) is 16.1 Å². The molecule has 0 radical (unpaired) electrons. The number of benzene rings is 2. The van der Waals surface area contributed by atoms with Gasteiger partial charge in [-0.3, -0.25) is 9.78 Å². The molecule has 1 unspecified atom stereocenters. The Morgan fingerprint density at radius 2 is 2.04 bits per heavy atom. The van der Waals surface area contributed by atoms with Gasteiger partial charge < -0.3 is 14.7 Å². The van der Waals surface area contributed by atoms with E-state index in [1.165, 1.54) is 6.07 Å². The van der Waals surface area contributed by atoms with Crippen LogP contribution in [0, 0.1) is 5.82 Å². The number of carbonyl (C=O) groups is 1. The summed E-state index contributed by atoms with van der Waals surface area (Å²) in [5, 5.41) is 9.85. The minimum atomic E-state index is -0.410. The lowest BCUT2D eigenvalue weighted by molar-refractivity contribution is -0.149. The molecule has 1 aliphatic heterocycles. The summed E-state index contributed by atoms with van der Waals surface area (Å²) in [4.78, 5) is 18.5. The molecule has 1 amide bonds. The van der Waals surface area contributed by atoms with E-state index >= 15 is 0 Å². The normalized spacial score (nSPS) is 17.0. The number of pyridine rings is 1. The predicted molar refractivity (Wildman–Crippen MR) is 102 cm³/mol. The first-order valence-corrected chi connectivity index (χ1v) is 8.97. The molecule has 2 aromatic carbocycles. The third-order valence-corrected chi connectivity index (χ3v) is 4.86. The van der Waals surface area contributed by atoms with E-state index in [9.17, 15) is 14.3 Å². The van der Waals surface area contributed by atoms with Crippen LogP contribution in [0.4, 0.5) is 4.39 Å². The van der Waals surface area contributed by atoms with E-state index in [2.05, 4.69) is 4.98 Å². The Kier molecular flexibility index (Phi) is 5.04. The highest BCUT2D eigenvalue weighted by Crippen LogP contribution is 2.34. The minimum Gasteiger partial charge on any atom is -0.508 e. The summed E-state index contributed by atoms with van der Waals surface area (Å²) in [6.07, 6.45) is 3.36. The molecule has 0 bridgehead atoms. The highest BCUT2D eigenvalue weighted by Gasteiger charge is 2.32. The summed E-state index contributed by atoms with van der Waals surface area (Å²) in [7, 11) is 0. The van der Waals surface area contributed by atoms with Gasteiger partial charge in [-0.15, -0.1) is 0 Å². The fourth-order valence-corrected chi connectivity index (χ4v) is 3.48. The lowest BCUT2D eigenvalue weighted by Crippen LogP contribution is -2.44. The lowest BCUT2D eigenvalue weighted by atomic mass is 9.95. The van der Waals surface area contributed by atoms with Gasteiger partial charge in [-0.25, -0.2) is 4.39 Å². The van der Waals surface area contributed by atoms with Crippen LogP contribution in [0.15, 0.2) is 67.0 Å². The van der Waals surface area contributed by atoms with Crippen LogP contribution in [-0.4, -0.2) is 34.1 Å². The average molecular weight is 378 g/mol. The molecule has 1 aliphatic rings. The number of carbonyl (C=O) groups excluding carboxylic acids is 1. The summed E-state index contributed by atoms with van der Waals surface area (Å²) < 4.78 is 19.7. The van der Waals surface area contributed by atoms with Gasteiger partial charge in [-0.05, 0) is 35.4 Å². The summed E-state index contributed by atoms with van der Waals surface area (Å²) in [6, 6.07) is 14.8. The first kappa shape index (κ1) is 18.1. The molecule has 2 heterocycles. The van der Waals surface area contributed by atoms with Crippen molar-refractivity contribution in [2.24, 2.45) is 0 Å². The number of hydrogen-bond donors (Lipinski definition) is 1. The Morgan fingerprint density at radius 3 is 2.86 bits per heavy atom. The number of halogens is 1. The van der Waals surface area contributed by atoms with Crippen molar-refractivity contribution in [1.82, 2.24) is 9.88 Å². The van der Waals surface area contributed by atoms with E-state index in [1.807, 2.05) is 12.1 Å². The Labute approximate surface area is 162 Å². The summed E-state index contributed by atoms with van der Waals surface area (Å²) in [5.74, 6) is -0.399. The van der Waals surface area contributed by atoms with Crippen molar-refractivity contribution in [3.8, 4) is 16.9 Å². The number of aromatic hydroxyl groups is 1. The van der Waals surface area contributed by atoms with Crippen molar-refractivity contribution in [3.63, 3.8) is 0 Å². The Morgan fingerprint density at radius 1 is 1.18 bits per heavy atom. The van der Waals surface area contributed by atoms with E-state index in [0.29, 0.717) is 5.56 Å². The van der Waals surface area contributed by atoms with Gasteiger partial charge in [0.2, 0.25) is 5.91 Å². The molecule has 28 heavy (non-hydrogen) atoms. The number of hydrogen-bond acceptors (Lipinski definition) is 4. The fraction of sp³-hybridized carbons (Fsp3) is 0.182. The first-order chi connectivity index (χ1) is 13.6. The van der Waals surface area contributed by atoms with Crippen LogP contribution in [0.5, 0.6) is 5.75 Å². The number of phenolic OH excluding ortho intramolecular Hbond substituents is 1. The molecule has 3 aromatic rings. The maximum atomic E-state index is 14.2. The molecule has 0 aliphatic carbocycles. The molecule has 1 N–H and O–H groups in total. The maximum absolute atomic E-state index is 14.2. The van der Waals surface area contributed by atoms with Crippen LogP contribution in [0.3, 0.4) is 0 Å². The highest BCUT2D eigenvalue weighted by molar-refractivity contribution is 5.79. The number of amides is 1. The van der Waals surface area contributed by atoms with Crippen molar-refractivity contribution >= 4 is 5.91 Å². The average Bonchev–Trinajstić information content (AvgIpc) is 2.71. The van der Waals surface area contributed by atoms with Crippen molar-refractivity contribution < 1.29 is 19.0 Å². The van der Waals surface area contributed by atoms with Crippen molar-refractivity contribution in [1.29, 1.82) is 0 Å². The maximum Gasteiger partial charge on any atom is 0.249 e. The molecule has 6 heteroatoms. The Balaban J connectivity index is 1.74. The quantitative estimate of drug-likeness (QED) is 0.752. The zero-order valence-electron chi connectivity index (χ0n) is 15.1. The number of aromatic nitrogens is 1. The third kappa shape index (κ3) is 3.59. The molecule has 1 fully saturated rings. The molecule has 4 rings (SSSR count). The molecule has 1 saturated heterocycles. The smallest absolute Gasteiger partial charge is 0.249 e. The number of nitrogens with zero attached hydrogens (tertiary/aromatic N) is 2. The second kappa shape index (κ2) is 7.78. The number of phenols is 1. The van der Waals surface area contributed by atoms with Crippen molar-refractivity contribution in [2.45, 2.75) is 12.6 Å². The first-order valence-electron chi connectivity index (χ1n) is 8.97. The predicted octanol–water partition coefficient (Wildman–Crippen LogP) is 3.69. The largest absolute Gasteiger partial charge is 0.508 e. The van der Waals surface area contributed by atoms with Crippen LogP contribution >= 0.6 is 0 Å². The van der Waals surface area contributed by atoms with E-state index < -0.39 is 6.04 Å². The van der Waals surface area contributed by atoms with Gasteiger partial charge in [0.05, 0.1) is 12.6 Å². The molecule has 5 nitrogen and oxygen atoms in total. The molecular weight excluding hydrogens is 359 g/mol. The van der Waals surface area contributed by atoms with E-state index in [4.69, 9.17) is 4.74 Å². The molecule has 0 saturated carbocycles. The topological polar surface area (TPSA) is 62.7 Å². The van der Waals surface area contributed by atoms with Gasteiger partial charge in [0.25, 0.3) is 0 Å². The zero-order chi connectivity index (χ0) is 19.5. The summed E-state index contributed by atoms with van der Waals surface area (Å²) in [5.41, 5.74) is 2.89. The molecular formula is C22H19FN2O3. The van der Waals surface area contributed by atoms with Gasteiger partial charge in [-0.1, -0.05) is 30.3 Å². The molecule has 1 atom stereocenters. The summed E-state index contributed by atoms with van der Waals surface area (Å²) >= 11 is 0. The van der Waals surface area contributed by atoms with Crippen LogP contribution in [0.1, 0.15) is 17.2 Å². The van der Waals surface area contributed by atoms with Gasteiger partial charge >= 0.3 is 0 Å². The zero-order valence-corrected chi connectivity index (χ0v) is 15.1. The molecule has 1 aromatic heterocycles. The molecule has 0 spiro atoms. The fourth-order valence-electron chi connectivity index (χ4n) is 3.48. The number of rotatable bonds is 4. The second-order valence-corrected chi connectivity index (χ2v) is 6.66. The molecule has 142 valence electrons. The van der Waals surface area contributed by atoms with E-state index in [-0.39, 0.29) is 37.2 Å². The van der Waals surface area contributed by atoms with E-state index in [0.717, 1.165) is 16.7 Å². The number of ether oxygens (including phenoxy) is 1. The number of morpholine rings is 1. The second-order valence-electron chi connectivity index (χ2n) is 6.66. The Bertz CT molecular complexity index is 1010. The van der Waals surface area contributed by atoms with Crippen molar-refractivity contribution in [2.75, 3.05) is 13.2 Å². The van der Waals surface area contributed by atoms with Gasteiger partial charge in [0.1, 0.15) is 18.2 Å². The van der Waals surface area contributed by atoms with Crippen molar-refractivity contribution in [3.05, 3.63) is 83.9 Å². The third-order valence-electron chi connectivity index (χ3n) is 4.86. The minimum absolute atomic E-state index is 0.0350.